The molecule has 0 fully saturated rings. The van der Waals surface area contributed by atoms with Crippen molar-refractivity contribution in [2.75, 3.05) is 0 Å². The third-order valence-corrected chi connectivity index (χ3v) is 4.21. The quantitative estimate of drug-likeness (QED) is 0.494. The fourth-order valence-electron chi connectivity index (χ4n) is 2.49. The van der Waals surface area contributed by atoms with Gasteiger partial charge in [0.15, 0.2) is 5.82 Å². The molecule has 1 N–H and O–H groups in total. The maximum Gasteiger partial charge on any atom is 0.216 e. The summed E-state index contributed by atoms with van der Waals surface area (Å²) < 4.78 is 7.38. The molecule has 26 heavy (non-hydrogen) atoms. The Labute approximate surface area is 158 Å². The van der Waals surface area contributed by atoms with Gasteiger partial charge in [-0.25, -0.2) is 5.10 Å². The van der Waals surface area contributed by atoms with Gasteiger partial charge >= 0.3 is 0 Å². The molecule has 0 radical (unpaired) electrons. The number of furan rings is 1. The van der Waals surface area contributed by atoms with Crippen molar-refractivity contribution in [1.82, 2.24) is 14.9 Å². The van der Waals surface area contributed by atoms with E-state index in [0.29, 0.717) is 10.6 Å². The summed E-state index contributed by atoms with van der Waals surface area (Å²) in [6.07, 6.45) is 5.29. The third kappa shape index (κ3) is 4.08. The Balaban J connectivity index is 1.90. The minimum absolute atomic E-state index is 0.106. The number of allylic oxidation sites excluding steroid dienone is 1. The first-order valence-corrected chi connectivity index (χ1v) is 8.80. The molecule has 134 valence electrons. The Morgan fingerprint density at radius 2 is 1.96 bits per heavy atom. The zero-order chi connectivity index (χ0) is 18.7. The molecule has 2 heterocycles. The van der Waals surface area contributed by atoms with Gasteiger partial charge in [-0.3, -0.25) is 0 Å². The van der Waals surface area contributed by atoms with Crippen molar-refractivity contribution < 1.29 is 4.42 Å². The number of nitrogens with one attached hydrogen (secondary N) is 1. The SMILES string of the molecule is CC(/C=N/n1c(-c2ccc(C(C)(C)C)cc2)n[nH]c1=S)=C\c1ccco1. The number of nitrogens with zero attached hydrogens (tertiary/aromatic N) is 3. The first kappa shape index (κ1) is 18.1. The Hall–Kier alpha value is -2.73. The second-order valence-electron chi connectivity index (χ2n) is 7.14. The van der Waals surface area contributed by atoms with Crippen molar-refractivity contribution >= 4 is 24.5 Å². The number of benzene rings is 1. The predicted octanol–water partition coefficient (Wildman–Crippen LogP) is 5.44. The van der Waals surface area contributed by atoms with E-state index in [4.69, 9.17) is 16.6 Å². The van der Waals surface area contributed by atoms with Crippen LogP contribution in [0.15, 0.2) is 57.8 Å². The van der Waals surface area contributed by atoms with Crippen LogP contribution >= 0.6 is 12.2 Å². The second kappa shape index (κ2) is 7.25. The van der Waals surface area contributed by atoms with Gasteiger partial charge in [0.2, 0.25) is 4.77 Å². The maximum atomic E-state index is 5.32. The summed E-state index contributed by atoms with van der Waals surface area (Å²) in [5, 5.41) is 11.6. The van der Waals surface area contributed by atoms with Gasteiger partial charge in [-0.15, -0.1) is 0 Å². The second-order valence-corrected chi connectivity index (χ2v) is 7.53. The minimum atomic E-state index is 0.106. The molecule has 3 rings (SSSR count). The lowest BCUT2D eigenvalue weighted by Crippen LogP contribution is -2.10. The molecule has 0 aliphatic heterocycles. The topological polar surface area (TPSA) is 59.1 Å². The van der Waals surface area contributed by atoms with Crippen LogP contribution in [0.3, 0.4) is 0 Å². The number of aromatic nitrogens is 3. The molecule has 0 unspecified atom stereocenters. The van der Waals surface area contributed by atoms with Gasteiger partial charge in [0, 0.05) is 5.56 Å². The molecule has 0 atom stereocenters. The van der Waals surface area contributed by atoms with E-state index < -0.39 is 0 Å². The highest BCUT2D eigenvalue weighted by atomic mass is 32.1. The monoisotopic (exact) mass is 366 g/mol. The van der Waals surface area contributed by atoms with Crippen molar-refractivity contribution in [2.45, 2.75) is 33.1 Å². The van der Waals surface area contributed by atoms with E-state index >= 15 is 0 Å². The van der Waals surface area contributed by atoms with Crippen molar-refractivity contribution in [3.8, 4) is 11.4 Å². The summed E-state index contributed by atoms with van der Waals surface area (Å²) >= 11 is 5.32. The highest BCUT2D eigenvalue weighted by Gasteiger charge is 2.14. The van der Waals surface area contributed by atoms with E-state index in [1.54, 1.807) is 17.2 Å². The van der Waals surface area contributed by atoms with E-state index in [9.17, 15) is 0 Å². The summed E-state index contributed by atoms with van der Waals surface area (Å²) in [6, 6.07) is 12.1. The smallest absolute Gasteiger partial charge is 0.216 e. The summed E-state index contributed by atoms with van der Waals surface area (Å²) in [7, 11) is 0. The van der Waals surface area contributed by atoms with Gasteiger partial charge in [-0.05, 0) is 53.9 Å². The molecule has 3 aromatic rings. The Bertz CT molecular complexity index is 984. The van der Waals surface area contributed by atoms with Crippen LogP contribution < -0.4 is 0 Å². The molecule has 0 aliphatic carbocycles. The molecule has 0 aliphatic rings. The van der Waals surface area contributed by atoms with Gasteiger partial charge in [0.1, 0.15) is 5.76 Å². The number of H-pyrrole nitrogens is 1. The highest BCUT2D eigenvalue weighted by Crippen LogP contribution is 2.25. The maximum absolute atomic E-state index is 5.32. The summed E-state index contributed by atoms with van der Waals surface area (Å²) in [6.45, 7) is 8.52. The lowest BCUT2D eigenvalue weighted by Gasteiger charge is -2.18. The lowest BCUT2D eigenvalue weighted by molar-refractivity contribution is 0.557. The molecule has 0 saturated carbocycles. The molecule has 6 heteroatoms. The van der Waals surface area contributed by atoms with E-state index in [1.807, 2.05) is 37.3 Å². The summed E-state index contributed by atoms with van der Waals surface area (Å²) in [5.74, 6) is 1.46. The lowest BCUT2D eigenvalue weighted by atomic mass is 9.87. The molecule has 0 spiro atoms. The normalized spacial score (nSPS) is 12.8. The van der Waals surface area contributed by atoms with Crippen LogP contribution in [0.25, 0.3) is 17.5 Å². The van der Waals surface area contributed by atoms with Crippen LogP contribution in [0.2, 0.25) is 0 Å². The van der Waals surface area contributed by atoms with Crippen LogP contribution in [0.1, 0.15) is 39.0 Å². The fourth-order valence-corrected chi connectivity index (χ4v) is 2.67. The zero-order valence-electron chi connectivity index (χ0n) is 15.4. The largest absolute Gasteiger partial charge is 0.465 e. The molecule has 0 amide bonds. The van der Waals surface area contributed by atoms with Crippen LogP contribution in [0.4, 0.5) is 0 Å². The van der Waals surface area contributed by atoms with Crippen molar-refractivity contribution in [3.05, 3.63) is 64.3 Å². The minimum Gasteiger partial charge on any atom is -0.465 e. The van der Waals surface area contributed by atoms with Gasteiger partial charge in [0.25, 0.3) is 0 Å². The summed E-state index contributed by atoms with van der Waals surface area (Å²) in [5.41, 5.74) is 3.27. The Morgan fingerprint density at radius 3 is 2.58 bits per heavy atom. The van der Waals surface area contributed by atoms with Crippen LogP contribution in [-0.2, 0) is 5.41 Å². The van der Waals surface area contributed by atoms with E-state index in [2.05, 4.69) is 48.2 Å². The molecule has 2 aromatic heterocycles. The van der Waals surface area contributed by atoms with Gasteiger partial charge in [0.05, 0.1) is 12.5 Å². The average Bonchev–Trinajstić information content (AvgIpc) is 3.22. The average molecular weight is 366 g/mol. The predicted molar refractivity (Wildman–Crippen MR) is 108 cm³/mol. The molecular formula is C20H22N4OS. The van der Waals surface area contributed by atoms with Crippen LogP contribution in [0.5, 0.6) is 0 Å². The molecule has 0 saturated heterocycles. The third-order valence-electron chi connectivity index (χ3n) is 3.95. The first-order valence-electron chi connectivity index (χ1n) is 8.39. The number of hydrogen-bond donors (Lipinski definition) is 1. The molecule has 1 aromatic carbocycles. The first-order chi connectivity index (χ1) is 12.3. The Morgan fingerprint density at radius 1 is 1.23 bits per heavy atom. The van der Waals surface area contributed by atoms with E-state index in [-0.39, 0.29) is 5.41 Å². The number of aromatic amines is 1. The van der Waals surface area contributed by atoms with E-state index in [0.717, 1.165) is 16.9 Å². The fraction of sp³-hybridized carbons (Fsp3) is 0.250. The number of hydrogen-bond acceptors (Lipinski definition) is 4. The molecule has 0 bridgehead atoms. The Kier molecular flexibility index (Phi) is 5.04. The van der Waals surface area contributed by atoms with Crippen molar-refractivity contribution in [1.29, 1.82) is 0 Å². The summed E-state index contributed by atoms with van der Waals surface area (Å²) in [4.78, 5) is 0. The van der Waals surface area contributed by atoms with Gasteiger partial charge in [-0.1, -0.05) is 45.0 Å². The van der Waals surface area contributed by atoms with Crippen LogP contribution in [-0.4, -0.2) is 21.1 Å². The number of rotatable bonds is 4. The van der Waals surface area contributed by atoms with Crippen molar-refractivity contribution in [3.63, 3.8) is 0 Å². The van der Waals surface area contributed by atoms with Crippen molar-refractivity contribution in [2.24, 2.45) is 5.10 Å². The standard InChI is InChI=1S/C20H22N4OS/c1-14(12-17-6-5-11-25-17)13-21-24-18(22-23-19(24)26)15-7-9-16(10-8-15)20(2,3)4/h5-13H,1-4H3,(H,23,26)/b14-12+,21-13+. The molecular weight excluding hydrogens is 344 g/mol. The molecule has 5 nitrogen and oxygen atoms in total. The van der Waals surface area contributed by atoms with Gasteiger partial charge in [-0.2, -0.15) is 14.9 Å². The highest BCUT2D eigenvalue weighted by molar-refractivity contribution is 7.71. The van der Waals surface area contributed by atoms with E-state index in [1.165, 1.54) is 5.56 Å². The van der Waals surface area contributed by atoms with Crippen LogP contribution in [0, 0.1) is 4.77 Å². The van der Waals surface area contributed by atoms with Gasteiger partial charge < -0.3 is 4.42 Å². The zero-order valence-corrected chi connectivity index (χ0v) is 16.2.